The fourth-order valence-electron chi connectivity index (χ4n) is 1.70. The van der Waals surface area contributed by atoms with Crippen molar-refractivity contribution in [3.05, 3.63) is 34.5 Å². The van der Waals surface area contributed by atoms with Gasteiger partial charge in [-0.1, -0.05) is 15.9 Å². The highest BCUT2D eigenvalue weighted by molar-refractivity contribution is 9.09. The maximum atomic E-state index is 12.0. The third kappa shape index (κ3) is 2.19. The van der Waals surface area contributed by atoms with E-state index >= 15 is 0 Å². The number of unbranched alkanes of at least 4 members (excludes halogenated alkanes) is 1. The van der Waals surface area contributed by atoms with Crippen molar-refractivity contribution >= 4 is 21.4 Å². The van der Waals surface area contributed by atoms with Gasteiger partial charge in [-0.15, -0.1) is 0 Å². The van der Waals surface area contributed by atoms with E-state index in [-0.39, 0.29) is 5.56 Å². The lowest BCUT2D eigenvalue weighted by atomic mass is 10.3. The average Bonchev–Trinajstić information content (AvgIpc) is 2.64. The van der Waals surface area contributed by atoms with Crippen molar-refractivity contribution in [2.24, 2.45) is 0 Å². The molecule has 0 amide bonds. The molecule has 2 rings (SSSR count). The van der Waals surface area contributed by atoms with Crippen molar-refractivity contribution in [2.75, 3.05) is 5.33 Å². The summed E-state index contributed by atoms with van der Waals surface area (Å²) in [7, 11) is 0. The molecule has 0 aliphatic carbocycles. The van der Waals surface area contributed by atoms with E-state index in [1.54, 1.807) is 15.3 Å². The fraction of sp³-hybridized carbons (Fsp3) is 0.455. The summed E-state index contributed by atoms with van der Waals surface area (Å²) in [6.45, 7) is 2.66. The molecule has 0 bridgehead atoms. The van der Waals surface area contributed by atoms with Crippen LogP contribution in [0.4, 0.5) is 0 Å². The number of alkyl halides is 1. The summed E-state index contributed by atoms with van der Waals surface area (Å²) in [5.74, 6) is 0. The number of rotatable bonds is 4. The Hall–Kier alpha value is -1.10. The maximum Gasteiger partial charge on any atom is 0.276 e. The molecule has 5 heteroatoms. The zero-order valence-electron chi connectivity index (χ0n) is 9.19. The van der Waals surface area contributed by atoms with Gasteiger partial charge in [0.2, 0.25) is 0 Å². The highest BCUT2D eigenvalue weighted by Gasteiger charge is 2.04. The SMILES string of the molecule is Cc1cc2c(=O)n(CCCCBr)ccn2n1. The highest BCUT2D eigenvalue weighted by Crippen LogP contribution is 2.01. The Morgan fingerprint density at radius 3 is 2.94 bits per heavy atom. The highest BCUT2D eigenvalue weighted by atomic mass is 79.9. The molecule has 0 N–H and O–H groups in total. The molecule has 2 heterocycles. The van der Waals surface area contributed by atoms with Crippen molar-refractivity contribution in [1.29, 1.82) is 0 Å². The number of nitrogens with zero attached hydrogens (tertiary/aromatic N) is 3. The molecule has 16 heavy (non-hydrogen) atoms. The quantitative estimate of drug-likeness (QED) is 0.636. The van der Waals surface area contributed by atoms with Crippen LogP contribution in [-0.2, 0) is 6.54 Å². The molecule has 4 nitrogen and oxygen atoms in total. The van der Waals surface area contributed by atoms with Crippen molar-refractivity contribution in [2.45, 2.75) is 26.3 Å². The largest absolute Gasteiger partial charge is 0.312 e. The zero-order chi connectivity index (χ0) is 11.5. The lowest BCUT2D eigenvalue weighted by Crippen LogP contribution is -2.21. The van der Waals surface area contributed by atoms with Crippen LogP contribution in [-0.4, -0.2) is 19.5 Å². The average molecular weight is 284 g/mol. The van der Waals surface area contributed by atoms with E-state index in [1.807, 2.05) is 19.2 Å². The molecule has 0 fully saturated rings. The molecule has 0 aliphatic rings. The normalized spacial score (nSPS) is 11.1. The smallest absolute Gasteiger partial charge is 0.276 e. The number of hydrogen-bond donors (Lipinski definition) is 0. The first-order chi connectivity index (χ1) is 7.72. The third-order valence-electron chi connectivity index (χ3n) is 2.51. The summed E-state index contributed by atoms with van der Waals surface area (Å²) in [6, 6.07) is 1.82. The first-order valence-corrected chi connectivity index (χ1v) is 6.46. The molecular weight excluding hydrogens is 270 g/mol. The summed E-state index contributed by atoms with van der Waals surface area (Å²) in [4.78, 5) is 12.0. The van der Waals surface area contributed by atoms with Gasteiger partial charge in [-0.05, 0) is 25.8 Å². The van der Waals surface area contributed by atoms with Crippen molar-refractivity contribution in [3.63, 3.8) is 0 Å². The van der Waals surface area contributed by atoms with Gasteiger partial charge in [-0.2, -0.15) is 5.10 Å². The molecule has 0 aliphatic heterocycles. The first-order valence-electron chi connectivity index (χ1n) is 5.34. The standard InChI is InChI=1S/C11H14BrN3O/c1-9-8-10-11(16)14(5-3-2-4-12)6-7-15(10)13-9/h6-8H,2-5H2,1H3. The van der Waals surface area contributed by atoms with Crippen LogP contribution >= 0.6 is 15.9 Å². The molecular formula is C11H14BrN3O. The van der Waals surface area contributed by atoms with E-state index < -0.39 is 0 Å². The first kappa shape index (κ1) is 11.4. The second-order valence-corrected chi connectivity index (χ2v) is 4.60. The lowest BCUT2D eigenvalue weighted by molar-refractivity contribution is 0.613. The zero-order valence-corrected chi connectivity index (χ0v) is 10.8. The summed E-state index contributed by atoms with van der Waals surface area (Å²) < 4.78 is 3.39. The van der Waals surface area contributed by atoms with Crippen LogP contribution in [0.1, 0.15) is 18.5 Å². The van der Waals surface area contributed by atoms with Gasteiger partial charge in [0.05, 0.1) is 5.69 Å². The van der Waals surface area contributed by atoms with Gasteiger partial charge in [-0.25, -0.2) is 4.52 Å². The predicted molar refractivity (Wildman–Crippen MR) is 67.2 cm³/mol. The number of aromatic nitrogens is 3. The second kappa shape index (κ2) is 4.82. The van der Waals surface area contributed by atoms with E-state index in [4.69, 9.17) is 0 Å². The fourth-order valence-corrected chi connectivity index (χ4v) is 2.10. The number of fused-ring (bicyclic) bond motifs is 1. The topological polar surface area (TPSA) is 39.3 Å². The molecule has 0 spiro atoms. The number of hydrogen-bond acceptors (Lipinski definition) is 2. The molecule has 0 aromatic carbocycles. The monoisotopic (exact) mass is 283 g/mol. The van der Waals surface area contributed by atoms with E-state index in [0.717, 1.165) is 30.4 Å². The van der Waals surface area contributed by atoms with E-state index in [1.165, 1.54) is 0 Å². The molecule has 0 radical (unpaired) electrons. The lowest BCUT2D eigenvalue weighted by Gasteiger charge is -2.04. The van der Waals surface area contributed by atoms with E-state index in [0.29, 0.717) is 5.52 Å². The molecule has 0 saturated heterocycles. The Kier molecular flexibility index (Phi) is 3.43. The summed E-state index contributed by atoms with van der Waals surface area (Å²) >= 11 is 3.38. The van der Waals surface area contributed by atoms with Gasteiger partial charge in [0.1, 0.15) is 5.52 Å². The van der Waals surface area contributed by atoms with Crippen molar-refractivity contribution in [1.82, 2.24) is 14.2 Å². The molecule has 0 atom stereocenters. The maximum absolute atomic E-state index is 12.0. The van der Waals surface area contributed by atoms with Crippen molar-refractivity contribution < 1.29 is 0 Å². The van der Waals surface area contributed by atoms with Gasteiger partial charge in [0, 0.05) is 24.3 Å². The Morgan fingerprint density at radius 2 is 2.19 bits per heavy atom. The van der Waals surface area contributed by atoms with Gasteiger partial charge in [0.15, 0.2) is 0 Å². The molecule has 0 saturated carbocycles. The molecule has 2 aromatic rings. The summed E-state index contributed by atoms with van der Waals surface area (Å²) in [6.07, 6.45) is 5.72. The Balaban J connectivity index is 2.33. The van der Waals surface area contributed by atoms with Crippen molar-refractivity contribution in [3.8, 4) is 0 Å². The van der Waals surface area contributed by atoms with Crippen LogP contribution in [0.2, 0.25) is 0 Å². The van der Waals surface area contributed by atoms with E-state index in [2.05, 4.69) is 21.0 Å². The van der Waals surface area contributed by atoms with Crippen LogP contribution in [0.25, 0.3) is 5.52 Å². The van der Waals surface area contributed by atoms with Crippen LogP contribution in [0.15, 0.2) is 23.3 Å². The number of halogens is 1. The van der Waals surface area contributed by atoms with Crippen LogP contribution in [0.3, 0.4) is 0 Å². The van der Waals surface area contributed by atoms with Gasteiger partial charge < -0.3 is 4.57 Å². The predicted octanol–water partition coefficient (Wildman–Crippen LogP) is 1.98. The minimum absolute atomic E-state index is 0.0395. The summed E-state index contributed by atoms with van der Waals surface area (Å²) in [5, 5.41) is 5.19. The van der Waals surface area contributed by atoms with Gasteiger partial charge >= 0.3 is 0 Å². The number of aryl methyl sites for hydroxylation is 2. The van der Waals surface area contributed by atoms with Crippen LogP contribution < -0.4 is 5.56 Å². The van der Waals surface area contributed by atoms with Crippen LogP contribution in [0, 0.1) is 6.92 Å². The minimum Gasteiger partial charge on any atom is -0.312 e. The Morgan fingerprint density at radius 1 is 1.38 bits per heavy atom. The van der Waals surface area contributed by atoms with Gasteiger partial charge in [-0.3, -0.25) is 4.79 Å². The Bertz CT molecular complexity index is 544. The molecule has 86 valence electrons. The molecule has 0 unspecified atom stereocenters. The van der Waals surface area contributed by atoms with E-state index in [9.17, 15) is 4.79 Å². The molecule has 2 aromatic heterocycles. The Labute approximate surface area is 102 Å². The summed E-state index contributed by atoms with van der Waals surface area (Å²) in [5.41, 5.74) is 1.56. The van der Waals surface area contributed by atoms with Crippen LogP contribution in [0.5, 0.6) is 0 Å². The van der Waals surface area contributed by atoms with Gasteiger partial charge in [0.25, 0.3) is 5.56 Å². The minimum atomic E-state index is 0.0395. The second-order valence-electron chi connectivity index (χ2n) is 3.81. The third-order valence-corrected chi connectivity index (χ3v) is 3.07.